The Balaban J connectivity index is 1.81. The molecule has 0 saturated heterocycles. The van der Waals surface area contributed by atoms with Crippen molar-refractivity contribution in [3.05, 3.63) is 22.6 Å². The van der Waals surface area contributed by atoms with Crippen molar-refractivity contribution < 1.29 is 9.59 Å². The number of rotatable bonds is 5. The van der Waals surface area contributed by atoms with Crippen LogP contribution < -0.4 is 21.5 Å². The van der Waals surface area contributed by atoms with Crippen LogP contribution in [-0.4, -0.2) is 35.0 Å². The van der Waals surface area contributed by atoms with Crippen molar-refractivity contribution in [3.63, 3.8) is 0 Å². The Kier molecular flexibility index (Phi) is 5.30. The Labute approximate surface area is 121 Å². The Morgan fingerprint density at radius 3 is 3.10 bits per heavy atom. The van der Waals surface area contributed by atoms with Crippen molar-refractivity contribution in [2.75, 3.05) is 11.9 Å². The summed E-state index contributed by atoms with van der Waals surface area (Å²) >= 11 is 0. The fourth-order valence-corrected chi connectivity index (χ4v) is 2.58. The fraction of sp³-hybridized carbons (Fsp3) is 0.538. The van der Waals surface area contributed by atoms with Gasteiger partial charge in [0.15, 0.2) is 0 Å². The van der Waals surface area contributed by atoms with E-state index in [0.29, 0.717) is 18.9 Å². The SMILES string of the molecule is O=CNCC1CCCC(NC(=O)Nc2nccc(=O)[nH]2)C1. The van der Waals surface area contributed by atoms with Gasteiger partial charge in [0, 0.05) is 24.8 Å². The third-order valence-corrected chi connectivity index (χ3v) is 3.51. The molecule has 8 heteroatoms. The molecule has 1 fully saturated rings. The highest BCUT2D eigenvalue weighted by Gasteiger charge is 2.23. The lowest BCUT2D eigenvalue weighted by Crippen LogP contribution is -2.42. The molecule has 1 aromatic heterocycles. The summed E-state index contributed by atoms with van der Waals surface area (Å²) in [5.41, 5.74) is -0.321. The van der Waals surface area contributed by atoms with Gasteiger partial charge in [-0.15, -0.1) is 0 Å². The van der Waals surface area contributed by atoms with Gasteiger partial charge in [-0.25, -0.2) is 9.78 Å². The van der Waals surface area contributed by atoms with Crippen LogP contribution in [0.4, 0.5) is 10.7 Å². The van der Waals surface area contributed by atoms with E-state index in [0.717, 1.165) is 25.7 Å². The van der Waals surface area contributed by atoms with Crippen LogP contribution in [0.3, 0.4) is 0 Å². The molecule has 3 amide bonds. The lowest BCUT2D eigenvalue weighted by atomic mass is 9.86. The number of urea groups is 1. The van der Waals surface area contributed by atoms with E-state index in [2.05, 4.69) is 25.9 Å². The van der Waals surface area contributed by atoms with Crippen molar-refractivity contribution in [3.8, 4) is 0 Å². The molecule has 2 rings (SSSR count). The predicted molar refractivity (Wildman–Crippen MR) is 76.8 cm³/mol. The smallest absolute Gasteiger partial charge is 0.321 e. The lowest BCUT2D eigenvalue weighted by Gasteiger charge is -2.29. The minimum Gasteiger partial charge on any atom is -0.358 e. The summed E-state index contributed by atoms with van der Waals surface area (Å²) in [7, 11) is 0. The lowest BCUT2D eigenvalue weighted by molar-refractivity contribution is -0.109. The standard InChI is InChI=1S/C13H19N5O3/c19-8-14-7-9-2-1-3-10(6-9)16-13(21)18-12-15-5-4-11(20)17-12/h4-5,8-10H,1-3,6-7H2,(H,14,19)(H3,15,16,17,18,20,21). The molecule has 114 valence electrons. The van der Waals surface area contributed by atoms with Crippen molar-refractivity contribution in [2.24, 2.45) is 5.92 Å². The van der Waals surface area contributed by atoms with Gasteiger partial charge >= 0.3 is 6.03 Å². The van der Waals surface area contributed by atoms with Crippen LogP contribution in [0.15, 0.2) is 17.1 Å². The molecule has 0 aliphatic heterocycles. The molecule has 2 unspecified atom stereocenters. The van der Waals surface area contributed by atoms with E-state index in [1.807, 2.05) is 0 Å². The molecule has 1 aliphatic rings. The number of nitrogens with zero attached hydrogens (tertiary/aromatic N) is 1. The average molecular weight is 293 g/mol. The van der Waals surface area contributed by atoms with E-state index >= 15 is 0 Å². The summed E-state index contributed by atoms with van der Waals surface area (Å²) in [6, 6.07) is 0.945. The van der Waals surface area contributed by atoms with Crippen LogP contribution in [0.2, 0.25) is 0 Å². The molecule has 2 atom stereocenters. The van der Waals surface area contributed by atoms with E-state index in [4.69, 9.17) is 0 Å². The highest BCUT2D eigenvalue weighted by atomic mass is 16.2. The first-order valence-electron chi connectivity index (χ1n) is 6.97. The van der Waals surface area contributed by atoms with Crippen LogP contribution in [0.5, 0.6) is 0 Å². The molecule has 1 aromatic rings. The van der Waals surface area contributed by atoms with Gasteiger partial charge in [0.05, 0.1) is 0 Å². The minimum absolute atomic E-state index is 0.0626. The molecular weight excluding hydrogens is 274 g/mol. The molecule has 4 N–H and O–H groups in total. The summed E-state index contributed by atoms with van der Waals surface area (Å²) in [5.74, 6) is 0.499. The number of amides is 3. The first kappa shape index (κ1) is 15.0. The maximum Gasteiger partial charge on any atom is 0.321 e. The van der Waals surface area contributed by atoms with E-state index in [-0.39, 0.29) is 17.5 Å². The average Bonchev–Trinajstić information content (AvgIpc) is 2.45. The maximum atomic E-state index is 11.9. The largest absolute Gasteiger partial charge is 0.358 e. The summed E-state index contributed by atoms with van der Waals surface area (Å²) < 4.78 is 0. The third kappa shape index (κ3) is 4.90. The van der Waals surface area contributed by atoms with Crippen molar-refractivity contribution in [1.82, 2.24) is 20.6 Å². The number of H-pyrrole nitrogens is 1. The number of aromatic nitrogens is 2. The first-order chi connectivity index (χ1) is 10.2. The van der Waals surface area contributed by atoms with E-state index in [1.54, 1.807) is 0 Å². The van der Waals surface area contributed by atoms with Crippen LogP contribution in [-0.2, 0) is 4.79 Å². The summed E-state index contributed by atoms with van der Waals surface area (Å²) in [6.07, 6.45) is 5.82. The molecule has 8 nitrogen and oxygen atoms in total. The van der Waals surface area contributed by atoms with Crippen LogP contribution >= 0.6 is 0 Å². The highest BCUT2D eigenvalue weighted by Crippen LogP contribution is 2.23. The summed E-state index contributed by atoms with van der Waals surface area (Å²) in [6.45, 7) is 0.636. The number of carbonyl (C=O) groups is 2. The molecular formula is C13H19N5O3. The molecule has 1 heterocycles. The van der Waals surface area contributed by atoms with Gasteiger partial charge in [-0.2, -0.15) is 0 Å². The second-order valence-electron chi connectivity index (χ2n) is 5.14. The quantitative estimate of drug-likeness (QED) is 0.580. The molecule has 1 saturated carbocycles. The van der Waals surface area contributed by atoms with Crippen LogP contribution in [0, 0.1) is 5.92 Å². The van der Waals surface area contributed by atoms with Crippen LogP contribution in [0.25, 0.3) is 0 Å². The molecule has 1 aliphatic carbocycles. The monoisotopic (exact) mass is 293 g/mol. The van der Waals surface area contributed by atoms with E-state index < -0.39 is 6.03 Å². The molecule has 0 spiro atoms. The highest BCUT2D eigenvalue weighted by molar-refractivity contribution is 5.87. The fourth-order valence-electron chi connectivity index (χ4n) is 2.58. The van der Waals surface area contributed by atoms with E-state index in [9.17, 15) is 14.4 Å². The third-order valence-electron chi connectivity index (χ3n) is 3.51. The first-order valence-corrected chi connectivity index (χ1v) is 6.97. The predicted octanol–water partition coefficient (Wildman–Crippen LogP) is 0.196. The molecule has 0 aromatic carbocycles. The number of anilines is 1. The minimum atomic E-state index is -0.390. The Bertz CT molecular complexity index is 545. The number of carbonyl (C=O) groups excluding carboxylic acids is 2. The van der Waals surface area contributed by atoms with Gasteiger partial charge in [0.1, 0.15) is 0 Å². The zero-order chi connectivity index (χ0) is 15.1. The number of hydrogen-bond donors (Lipinski definition) is 4. The number of nitrogens with one attached hydrogen (secondary N) is 4. The Hall–Kier alpha value is -2.38. The van der Waals surface area contributed by atoms with Crippen molar-refractivity contribution >= 4 is 18.4 Å². The number of aromatic amines is 1. The van der Waals surface area contributed by atoms with E-state index in [1.165, 1.54) is 12.3 Å². The second kappa shape index (κ2) is 7.41. The van der Waals surface area contributed by atoms with Crippen molar-refractivity contribution in [2.45, 2.75) is 31.7 Å². The molecule has 0 radical (unpaired) electrons. The van der Waals surface area contributed by atoms with Gasteiger partial charge in [-0.1, -0.05) is 6.42 Å². The molecule has 21 heavy (non-hydrogen) atoms. The van der Waals surface area contributed by atoms with Gasteiger partial charge < -0.3 is 10.6 Å². The second-order valence-corrected chi connectivity index (χ2v) is 5.14. The number of hydrogen-bond acceptors (Lipinski definition) is 4. The molecule has 0 bridgehead atoms. The summed E-state index contributed by atoms with van der Waals surface area (Å²) in [4.78, 5) is 39.5. The van der Waals surface area contributed by atoms with Gasteiger partial charge in [-0.3, -0.25) is 19.9 Å². The normalized spacial score (nSPS) is 21.3. The Morgan fingerprint density at radius 2 is 2.33 bits per heavy atom. The van der Waals surface area contributed by atoms with Gasteiger partial charge in [-0.05, 0) is 25.2 Å². The van der Waals surface area contributed by atoms with Crippen LogP contribution in [0.1, 0.15) is 25.7 Å². The van der Waals surface area contributed by atoms with Gasteiger partial charge in [0.25, 0.3) is 5.56 Å². The zero-order valence-electron chi connectivity index (χ0n) is 11.6. The zero-order valence-corrected chi connectivity index (χ0v) is 11.6. The topological polar surface area (TPSA) is 116 Å². The Morgan fingerprint density at radius 1 is 1.48 bits per heavy atom. The summed E-state index contributed by atoms with van der Waals surface area (Å²) in [5, 5.41) is 8.04. The van der Waals surface area contributed by atoms with Crippen molar-refractivity contribution in [1.29, 1.82) is 0 Å². The van der Waals surface area contributed by atoms with Gasteiger partial charge in [0.2, 0.25) is 12.4 Å². The maximum absolute atomic E-state index is 11.9.